The molecule has 1 heterocycles. The van der Waals surface area contributed by atoms with Gasteiger partial charge in [-0.2, -0.15) is 0 Å². The van der Waals surface area contributed by atoms with E-state index in [9.17, 15) is 9.59 Å². The van der Waals surface area contributed by atoms with Crippen LogP contribution < -0.4 is 10.2 Å². The first kappa shape index (κ1) is 16.8. The first-order chi connectivity index (χ1) is 11.5. The number of rotatable bonds is 2. The first-order valence-electron chi connectivity index (χ1n) is 6.88. The maximum Gasteiger partial charge on any atom is 0.270 e. The molecule has 0 aliphatic carbocycles. The van der Waals surface area contributed by atoms with Crippen LogP contribution in [0.15, 0.2) is 58.6 Å². The summed E-state index contributed by atoms with van der Waals surface area (Å²) in [6.07, 6.45) is 1.53. The molecule has 24 heavy (non-hydrogen) atoms. The number of nitrogens with zero attached hydrogens (tertiary/aromatic N) is 1. The van der Waals surface area contributed by atoms with E-state index in [4.69, 9.17) is 23.8 Å². The van der Waals surface area contributed by atoms with Gasteiger partial charge in [0.05, 0.1) is 5.69 Å². The Kier molecular flexibility index (Phi) is 4.80. The maximum atomic E-state index is 12.8. The van der Waals surface area contributed by atoms with Crippen molar-refractivity contribution in [1.29, 1.82) is 0 Å². The highest BCUT2D eigenvalue weighted by molar-refractivity contribution is 9.10. The van der Waals surface area contributed by atoms with Crippen molar-refractivity contribution in [2.24, 2.45) is 0 Å². The van der Waals surface area contributed by atoms with E-state index >= 15 is 0 Å². The quantitative estimate of drug-likeness (QED) is 0.454. The largest absolute Gasteiger partial charge is 0.298 e. The van der Waals surface area contributed by atoms with Gasteiger partial charge in [-0.25, -0.2) is 0 Å². The number of benzene rings is 2. The van der Waals surface area contributed by atoms with Gasteiger partial charge in [0.15, 0.2) is 5.11 Å². The van der Waals surface area contributed by atoms with Crippen molar-refractivity contribution >= 4 is 68.4 Å². The average molecular weight is 422 g/mol. The van der Waals surface area contributed by atoms with Crippen LogP contribution in [0.25, 0.3) is 6.08 Å². The highest BCUT2D eigenvalue weighted by Crippen LogP contribution is 2.24. The molecule has 2 aromatic rings. The van der Waals surface area contributed by atoms with Crippen molar-refractivity contribution < 1.29 is 9.59 Å². The van der Waals surface area contributed by atoms with Crippen LogP contribution in [-0.4, -0.2) is 16.9 Å². The molecule has 1 aliphatic heterocycles. The van der Waals surface area contributed by atoms with Crippen molar-refractivity contribution in [3.05, 3.63) is 69.2 Å². The van der Waals surface area contributed by atoms with Crippen LogP contribution in [0.3, 0.4) is 0 Å². The Morgan fingerprint density at radius 1 is 1.12 bits per heavy atom. The molecule has 0 unspecified atom stereocenters. The smallest absolute Gasteiger partial charge is 0.270 e. The van der Waals surface area contributed by atoms with Crippen molar-refractivity contribution in [3.8, 4) is 0 Å². The molecule has 2 amide bonds. The number of anilines is 1. The molecular weight excluding hydrogens is 412 g/mol. The Morgan fingerprint density at radius 3 is 2.50 bits per heavy atom. The Bertz CT molecular complexity index is 880. The van der Waals surface area contributed by atoms with E-state index in [2.05, 4.69) is 21.2 Å². The van der Waals surface area contributed by atoms with Gasteiger partial charge in [0.25, 0.3) is 11.8 Å². The van der Waals surface area contributed by atoms with Crippen molar-refractivity contribution in [3.63, 3.8) is 0 Å². The van der Waals surface area contributed by atoms with E-state index in [0.29, 0.717) is 10.7 Å². The Balaban J connectivity index is 2.01. The second-order valence-corrected chi connectivity index (χ2v) is 6.73. The third kappa shape index (κ3) is 3.40. The maximum absolute atomic E-state index is 12.8. The van der Waals surface area contributed by atoms with E-state index in [1.165, 1.54) is 11.0 Å². The Morgan fingerprint density at radius 2 is 1.83 bits per heavy atom. The molecule has 1 fully saturated rings. The van der Waals surface area contributed by atoms with Gasteiger partial charge in [-0.05, 0) is 54.2 Å². The third-order valence-electron chi connectivity index (χ3n) is 3.35. The van der Waals surface area contributed by atoms with Crippen LogP contribution >= 0.6 is 39.7 Å². The van der Waals surface area contributed by atoms with Gasteiger partial charge in [0, 0.05) is 9.50 Å². The molecule has 1 aliphatic rings. The van der Waals surface area contributed by atoms with Gasteiger partial charge >= 0.3 is 0 Å². The fourth-order valence-corrected chi connectivity index (χ4v) is 2.96. The highest BCUT2D eigenvalue weighted by Gasteiger charge is 2.34. The summed E-state index contributed by atoms with van der Waals surface area (Å²) in [5, 5.41) is 3.04. The molecule has 0 atom stereocenters. The van der Waals surface area contributed by atoms with Gasteiger partial charge < -0.3 is 0 Å². The molecule has 1 saturated heterocycles. The zero-order valence-electron chi connectivity index (χ0n) is 12.1. The zero-order valence-corrected chi connectivity index (χ0v) is 15.3. The number of halogens is 2. The van der Waals surface area contributed by atoms with Crippen LogP contribution in [0.5, 0.6) is 0 Å². The first-order valence-corrected chi connectivity index (χ1v) is 8.46. The lowest BCUT2D eigenvalue weighted by Crippen LogP contribution is -2.54. The number of carbonyl (C=O) groups is 2. The van der Waals surface area contributed by atoms with E-state index in [1.807, 2.05) is 12.1 Å². The minimum absolute atomic E-state index is 0.00546. The van der Waals surface area contributed by atoms with Crippen LogP contribution in [0.2, 0.25) is 5.02 Å². The molecule has 7 heteroatoms. The number of hydrogen-bond donors (Lipinski definition) is 1. The predicted molar refractivity (Wildman–Crippen MR) is 102 cm³/mol. The van der Waals surface area contributed by atoms with Gasteiger partial charge in [-0.1, -0.05) is 45.7 Å². The fraction of sp³-hybridized carbons (Fsp3) is 0. The fourth-order valence-electron chi connectivity index (χ4n) is 2.23. The minimum Gasteiger partial charge on any atom is -0.298 e. The predicted octanol–water partition coefficient (Wildman–Crippen LogP) is 3.93. The molecule has 2 aromatic carbocycles. The Hall–Kier alpha value is -2.02. The monoisotopic (exact) mass is 420 g/mol. The minimum atomic E-state index is -0.522. The SMILES string of the molecule is O=C1NC(=S)N(c2cccc(Cl)c2)C(=O)/C1=C/c1ccc(Br)cc1. The van der Waals surface area contributed by atoms with E-state index < -0.39 is 11.8 Å². The number of nitrogens with one attached hydrogen (secondary N) is 1. The summed E-state index contributed by atoms with van der Waals surface area (Å²) in [7, 11) is 0. The van der Waals surface area contributed by atoms with Gasteiger partial charge in [0.1, 0.15) is 5.57 Å². The molecule has 1 N–H and O–H groups in total. The number of thiocarbonyl (C=S) groups is 1. The highest BCUT2D eigenvalue weighted by atomic mass is 79.9. The summed E-state index contributed by atoms with van der Waals surface area (Å²) in [5.41, 5.74) is 1.24. The number of hydrogen-bond acceptors (Lipinski definition) is 3. The average Bonchev–Trinajstić information content (AvgIpc) is 2.53. The summed E-state index contributed by atoms with van der Waals surface area (Å²) in [6.45, 7) is 0. The standard InChI is InChI=1S/C17H10BrClN2O2S/c18-11-6-4-10(5-7-11)8-14-15(22)20-17(24)21(16(14)23)13-3-1-2-12(19)9-13/h1-9H,(H,20,22,24)/b14-8+. The second kappa shape index (κ2) is 6.84. The molecule has 0 spiro atoms. The lowest BCUT2D eigenvalue weighted by atomic mass is 10.1. The van der Waals surface area contributed by atoms with Crippen molar-refractivity contribution in [2.45, 2.75) is 0 Å². The third-order valence-corrected chi connectivity index (χ3v) is 4.40. The Labute approximate surface area is 157 Å². The van der Waals surface area contributed by atoms with Gasteiger partial charge in [-0.3, -0.25) is 19.8 Å². The molecule has 3 rings (SSSR count). The molecule has 0 radical (unpaired) electrons. The summed E-state index contributed by atoms with van der Waals surface area (Å²) in [4.78, 5) is 26.2. The van der Waals surface area contributed by atoms with Crippen LogP contribution in [0.1, 0.15) is 5.56 Å². The number of carbonyl (C=O) groups excluding carboxylic acids is 2. The number of amides is 2. The van der Waals surface area contributed by atoms with Gasteiger partial charge in [0.2, 0.25) is 0 Å². The summed E-state index contributed by atoms with van der Waals surface area (Å²) >= 11 is 14.5. The zero-order chi connectivity index (χ0) is 17.3. The summed E-state index contributed by atoms with van der Waals surface area (Å²) in [6, 6.07) is 14.0. The normalized spacial score (nSPS) is 16.5. The molecular formula is C17H10BrClN2O2S. The molecule has 120 valence electrons. The summed E-state index contributed by atoms with van der Waals surface area (Å²) in [5.74, 6) is -1.01. The van der Waals surface area contributed by atoms with E-state index in [0.717, 1.165) is 10.0 Å². The van der Waals surface area contributed by atoms with Crippen molar-refractivity contribution in [1.82, 2.24) is 5.32 Å². The molecule has 0 bridgehead atoms. The van der Waals surface area contributed by atoms with Crippen molar-refractivity contribution in [2.75, 3.05) is 4.90 Å². The van der Waals surface area contributed by atoms with Gasteiger partial charge in [-0.15, -0.1) is 0 Å². The lowest BCUT2D eigenvalue weighted by Gasteiger charge is -2.29. The van der Waals surface area contributed by atoms with Crippen LogP contribution in [-0.2, 0) is 9.59 Å². The van der Waals surface area contributed by atoms with Crippen LogP contribution in [0, 0.1) is 0 Å². The second-order valence-electron chi connectivity index (χ2n) is 4.99. The lowest BCUT2D eigenvalue weighted by molar-refractivity contribution is -0.122. The topological polar surface area (TPSA) is 49.4 Å². The van der Waals surface area contributed by atoms with E-state index in [1.54, 1.807) is 36.4 Å². The van der Waals surface area contributed by atoms with E-state index in [-0.39, 0.29) is 10.7 Å². The van der Waals surface area contributed by atoms with Crippen LogP contribution in [0.4, 0.5) is 5.69 Å². The molecule has 0 aromatic heterocycles. The molecule has 4 nitrogen and oxygen atoms in total. The molecule has 0 saturated carbocycles. The summed E-state index contributed by atoms with van der Waals surface area (Å²) < 4.78 is 0.908.